The second-order valence-electron chi connectivity index (χ2n) is 4.25. The number of anilines is 1. The molecule has 0 aliphatic heterocycles. The fraction of sp³-hybridized carbons (Fsp3) is 0.143. The molecule has 0 N–H and O–H groups in total. The Labute approximate surface area is 137 Å². The lowest BCUT2D eigenvalue weighted by molar-refractivity contribution is 0.415. The molecule has 21 heavy (non-hydrogen) atoms. The number of sulfonamides is 1. The monoisotopic (exact) mass is 389 g/mol. The van der Waals surface area contributed by atoms with Crippen LogP contribution in [-0.4, -0.2) is 22.6 Å². The van der Waals surface area contributed by atoms with Crippen LogP contribution in [0.1, 0.15) is 0 Å². The second kappa shape index (κ2) is 6.25. The minimum Gasteiger partial charge on any atom is -0.497 e. The molecular weight excluding hydrogens is 378 g/mol. The number of hydrogen-bond acceptors (Lipinski definition) is 3. The van der Waals surface area contributed by atoms with Gasteiger partial charge in [-0.3, -0.25) is 4.31 Å². The van der Waals surface area contributed by atoms with Crippen molar-refractivity contribution in [2.75, 3.05) is 18.5 Å². The van der Waals surface area contributed by atoms with Crippen LogP contribution in [0.25, 0.3) is 0 Å². The summed E-state index contributed by atoms with van der Waals surface area (Å²) in [6, 6.07) is 11.3. The zero-order chi connectivity index (χ0) is 15.6. The lowest BCUT2D eigenvalue weighted by Crippen LogP contribution is -2.26. The van der Waals surface area contributed by atoms with Gasteiger partial charge in [-0.2, -0.15) is 0 Å². The zero-order valence-electron chi connectivity index (χ0n) is 11.4. The Balaban J connectivity index is 2.44. The van der Waals surface area contributed by atoms with Crippen LogP contribution in [0.5, 0.6) is 5.75 Å². The molecular formula is C14H13BrClNO3S. The lowest BCUT2D eigenvalue weighted by Gasteiger charge is -2.20. The Morgan fingerprint density at radius 3 is 2.52 bits per heavy atom. The first kappa shape index (κ1) is 16.1. The number of rotatable bonds is 4. The van der Waals surface area contributed by atoms with Crippen molar-refractivity contribution in [1.82, 2.24) is 0 Å². The Bertz CT molecular complexity index is 765. The normalized spacial score (nSPS) is 11.2. The van der Waals surface area contributed by atoms with E-state index < -0.39 is 10.0 Å². The highest BCUT2D eigenvalue weighted by Gasteiger charge is 2.22. The minimum atomic E-state index is -3.67. The van der Waals surface area contributed by atoms with E-state index >= 15 is 0 Å². The highest BCUT2D eigenvalue weighted by Crippen LogP contribution is 2.29. The summed E-state index contributed by atoms with van der Waals surface area (Å²) in [5.74, 6) is 0.590. The summed E-state index contributed by atoms with van der Waals surface area (Å²) in [7, 11) is -0.643. The predicted molar refractivity (Wildman–Crippen MR) is 87.7 cm³/mol. The van der Waals surface area contributed by atoms with E-state index in [1.807, 2.05) is 0 Å². The number of ether oxygens (including phenoxy) is 1. The van der Waals surface area contributed by atoms with E-state index in [0.717, 1.165) is 0 Å². The van der Waals surface area contributed by atoms with Crippen LogP contribution in [-0.2, 0) is 10.0 Å². The minimum absolute atomic E-state index is 0.157. The molecule has 0 saturated carbocycles. The molecule has 0 atom stereocenters. The van der Waals surface area contributed by atoms with Gasteiger partial charge >= 0.3 is 0 Å². The summed E-state index contributed by atoms with van der Waals surface area (Å²) in [4.78, 5) is 0.157. The molecule has 0 saturated heterocycles. The van der Waals surface area contributed by atoms with Crippen LogP contribution >= 0.6 is 27.5 Å². The van der Waals surface area contributed by atoms with Crippen molar-refractivity contribution in [1.29, 1.82) is 0 Å². The number of benzene rings is 2. The molecule has 4 nitrogen and oxygen atoms in total. The molecule has 2 aromatic rings. The molecule has 0 fully saturated rings. The van der Waals surface area contributed by atoms with Crippen molar-refractivity contribution >= 4 is 43.2 Å². The third-order valence-electron chi connectivity index (χ3n) is 2.97. The molecule has 0 bridgehead atoms. The summed E-state index contributed by atoms with van der Waals surface area (Å²) < 4.78 is 32.1. The largest absolute Gasteiger partial charge is 0.497 e. The average Bonchev–Trinajstić information content (AvgIpc) is 2.49. The van der Waals surface area contributed by atoms with Crippen molar-refractivity contribution in [3.05, 3.63) is 52.0 Å². The topological polar surface area (TPSA) is 46.6 Å². The van der Waals surface area contributed by atoms with Crippen molar-refractivity contribution in [2.45, 2.75) is 4.90 Å². The van der Waals surface area contributed by atoms with Gasteiger partial charge in [-0.25, -0.2) is 8.42 Å². The lowest BCUT2D eigenvalue weighted by atomic mass is 10.3. The highest BCUT2D eigenvalue weighted by atomic mass is 79.9. The Kier molecular flexibility index (Phi) is 4.81. The first-order valence-corrected chi connectivity index (χ1v) is 8.55. The van der Waals surface area contributed by atoms with Crippen molar-refractivity contribution < 1.29 is 13.2 Å². The fourth-order valence-corrected chi connectivity index (χ4v) is 3.60. The summed E-state index contributed by atoms with van der Waals surface area (Å²) >= 11 is 9.13. The summed E-state index contributed by atoms with van der Waals surface area (Å²) in [6.07, 6.45) is 0. The molecule has 112 valence electrons. The molecule has 0 radical (unpaired) electrons. The van der Waals surface area contributed by atoms with E-state index in [-0.39, 0.29) is 4.90 Å². The van der Waals surface area contributed by atoms with Gasteiger partial charge in [-0.1, -0.05) is 17.7 Å². The Morgan fingerprint density at radius 2 is 1.90 bits per heavy atom. The van der Waals surface area contributed by atoms with Crippen LogP contribution in [0, 0.1) is 0 Å². The van der Waals surface area contributed by atoms with Gasteiger partial charge in [0.05, 0.1) is 22.7 Å². The molecule has 0 amide bonds. The first-order valence-electron chi connectivity index (χ1n) is 5.94. The molecule has 0 unspecified atom stereocenters. The van der Waals surface area contributed by atoms with Gasteiger partial charge in [0, 0.05) is 17.6 Å². The standard InChI is InChI=1S/C14H13BrClNO3S/c1-17(10-4-3-5-11(8-10)20-2)21(18,19)12-6-7-14(16)13(15)9-12/h3-9H,1-2H3. The molecule has 0 spiro atoms. The van der Waals surface area contributed by atoms with Crippen LogP contribution in [0.15, 0.2) is 51.8 Å². The number of hydrogen-bond donors (Lipinski definition) is 0. The van der Waals surface area contributed by atoms with Gasteiger partial charge in [-0.05, 0) is 46.3 Å². The van der Waals surface area contributed by atoms with Crippen LogP contribution in [0.2, 0.25) is 5.02 Å². The number of methoxy groups -OCH3 is 1. The summed E-state index contributed by atoms with van der Waals surface area (Å²) in [5.41, 5.74) is 0.514. The second-order valence-corrected chi connectivity index (χ2v) is 7.48. The van der Waals surface area contributed by atoms with Gasteiger partial charge in [0.1, 0.15) is 5.75 Å². The van der Waals surface area contributed by atoms with Crippen molar-refractivity contribution in [2.24, 2.45) is 0 Å². The molecule has 0 heterocycles. The maximum Gasteiger partial charge on any atom is 0.264 e. The molecule has 2 aromatic carbocycles. The van der Waals surface area contributed by atoms with Gasteiger partial charge < -0.3 is 4.74 Å². The number of nitrogens with zero attached hydrogens (tertiary/aromatic N) is 1. The van der Waals surface area contributed by atoms with Crippen molar-refractivity contribution in [3.63, 3.8) is 0 Å². The fourth-order valence-electron chi connectivity index (χ4n) is 1.74. The Hall–Kier alpha value is -1.24. The third kappa shape index (κ3) is 3.33. The Morgan fingerprint density at radius 1 is 1.19 bits per heavy atom. The first-order chi connectivity index (χ1) is 9.86. The number of halogens is 2. The predicted octanol–water partition coefficient (Wildman–Crippen LogP) is 3.94. The van der Waals surface area contributed by atoms with E-state index in [2.05, 4.69) is 15.9 Å². The maximum atomic E-state index is 12.6. The smallest absolute Gasteiger partial charge is 0.264 e. The van der Waals surface area contributed by atoms with E-state index in [0.29, 0.717) is 20.9 Å². The van der Waals surface area contributed by atoms with Crippen LogP contribution in [0.4, 0.5) is 5.69 Å². The quantitative estimate of drug-likeness (QED) is 0.794. The van der Waals surface area contributed by atoms with E-state index in [1.165, 1.54) is 36.7 Å². The molecule has 7 heteroatoms. The average molecular weight is 391 g/mol. The van der Waals surface area contributed by atoms with Crippen molar-refractivity contribution in [3.8, 4) is 5.75 Å². The summed E-state index contributed by atoms with van der Waals surface area (Å²) in [6.45, 7) is 0. The molecule has 0 aliphatic carbocycles. The van der Waals surface area contributed by atoms with Crippen LogP contribution < -0.4 is 9.04 Å². The summed E-state index contributed by atoms with van der Waals surface area (Å²) in [5, 5.41) is 0.456. The van der Waals surface area contributed by atoms with Gasteiger partial charge in [0.25, 0.3) is 10.0 Å². The highest BCUT2D eigenvalue weighted by molar-refractivity contribution is 9.10. The van der Waals surface area contributed by atoms with Gasteiger partial charge in [-0.15, -0.1) is 0 Å². The molecule has 0 aliphatic rings. The van der Waals surface area contributed by atoms with E-state index in [4.69, 9.17) is 16.3 Å². The van der Waals surface area contributed by atoms with Gasteiger partial charge in [0.2, 0.25) is 0 Å². The van der Waals surface area contributed by atoms with Gasteiger partial charge in [0.15, 0.2) is 0 Å². The molecule has 2 rings (SSSR count). The van der Waals surface area contributed by atoms with Crippen LogP contribution in [0.3, 0.4) is 0 Å². The molecule has 0 aromatic heterocycles. The third-order valence-corrected chi connectivity index (χ3v) is 5.96. The van der Waals surface area contributed by atoms with E-state index in [1.54, 1.807) is 24.3 Å². The zero-order valence-corrected chi connectivity index (χ0v) is 14.5. The maximum absolute atomic E-state index is 12.6. The van der Waals surface area contributed by atoms with E-state index in [9.17, 15) is 8.42 Å². The SMILES string of the molecule is COc1cccc(N(C)S(=O)(=O)c2ccc(Cl)c(Br)c2)c1.